The molecule has 2 amide bonds. The molecule has 2 aromatic heterocycles. The molecule has 220 valence electrons. The molecule has 12 heteroatoms. The summed E-state index contributed by atoms with van der Waals surface area (Å²) in [6.07, 6.45) is 2.78. The van der Waals surface area contributed by atoms with E-state index < -0.39 is 17.6 Å². The van der Waals surface area contributed by atoms with E-state index in [-0.39, 0.29) is 34.9 Å². The lowest BCUT2D eigenvalue weighted by Crippen LogP contribution is -2.44. The molecule has 1 aromatic carbocycles. The number of amides is 2. The van der Waals surface area contributed by atoms with E-state index in [2.05, 4.69) is 21.9 Å². The van der Waals surface area contributed by atoms with Crippen LogP contribution < -0.4 is 21.9 Å². The van der Waals surface area contributed by atoms with Gasteiger partial charge in [-0.1, -0.05) is 13.0 Å². The third-order valence-electron chi connectivity index (χ3n) is 7.96. The highest BCUT2D eigenvalue weighted by Crippen LogP contribution is 2.39. The van der Waals surface area contributed by atoms with Crippen molar-refractivity contribution in [2.75, 3.05) is 29.1 Å². The number of nitrogen functional groups attached to an aromatic ring is 1. The fraction of sp³-hybridized carbons (Fsp3) is 0.333. The number of likely N-dealkylation sites (tertiary alicyclic amines) is 1. The molecule has 0 bridgehead atoms. The summed E-state index contributed by atoms with van der Waals surface area (Å²) in [5, 5.41) is 3.74. The molecule has 1 aliphatic heterocycles. The average molecular weight is 580 g/mol. The quantitative estimate of drug-likeness (QED) is 0.253. The van der Waals surface area contributed by atoms with Crippen LogP contribution in [0.15, 0.2) is 61.4 Å². The number of rotatable bonds is 7. The van der Waals surface area contributed by atoms with Gasteiger partial charge in [-0.3, -0.25) is 14.6 Å². The van der Waals surface area contributed by atoms with E-state index >= 15 is 0 Å². The first-order chi connectivity index (χ1) is 20.0. The van der Waals surface area contributed by atoms with Crippen LogP contribution >= 0.6 is 0 Å². The Bertz CT molecular complexity index is 1490. The van der Waals surface area contributed by atoms with Gasteiger partial charge >= 0.3 is 6.18 Å². The molecule has 2 aliphatic rings. The first-order valence-corrected chi connectivity index (χ1v) is 13.7. The van der Waals surface area contributed by atoms with Crippen LogP contribution in [0.1, 0.15) is 53.6 Å². The predicted octanol–water partition coefficient (Wildman–Crippen LogP) is 5.39. The Kier molecular flexibility index (Phi) is 8.17. The van der Waals surface area contributed by atoms with E-state index in [1.54, 1.807) is 24.4 Å². The standard InChI is InChI=1S/C30H32F3N7O2/c1-18(21-6-3-15-39(17-21)29(42)20-4-2-5-20)24-12-14-37-27(34)26(24)40(35)23-9-7-19(8-10-23)28(41)38-25-16-22(11-13-36-25)30(31,32)33/h7-14,16,20-21H,1-6,15,17,35H2,(H2,34,37)(H,36,38,41)/t21-/m1/s1. The summed E-state index contributed by atoms with van der Waals surface area (Å²) < 4.78 is 39.0. The number of nitrogens with zero attached hydrogens (tertiary/aromatic N) is 4. The highest BCUT2D eigenvalue weighted by molar-refractivity contribution is 6.04. The maximum absolute atomic E-state index is 13.0. The van der Waals surface area contributed by atoms with Crippen molar-refractivity contribution in [3.8, 4) is 0 Å². The maximum atomic E-state index is 13.0. The van der Waals surface area contributed by atoms with Gasteiger partial charge in [0.2, 0.25) is 5.91 Å². The van der Waals surface area contributed by atoms with Crippen molar-refractivity contribution in [2.24, 2.45) is 17.7 Å². The Morgan fingerprint density at radius 3 is 2.36 bits per heavy atom. The third-order valence-corrected chi connectivity index (χ3v) is 7.96. The second kappa shape index (κ2) is 11.8. The number of alkyl halides is 3. The first kappa shape index (κ1) is 29.1. The van der Waals surface area contributed by atoms with Crippen molar-refractivity contribution >= 4 is 40.4 Å². The molecule has 3 heterocycles. The molecule has 9 nitrogen and oxygen atoms in total. The Labute approximate surface area is 241 Å². The Morgan fingerprint density at radius 2 is 1.69 bits per heavy atom. The molecule has 1 saturated heterocycles. The number of carbonyl (C=O) groups excluding carboxylic acids is 2. The van der Waals surface area contributed by atoms with Crippen LogP contribution in [0.3, 0.4) is 0 Å². The molecule has 1 saturated carbocycles. The number of carbonyl (C=O) groups is 2. The van der Waals surface area contributed by atoms with Crippen molar-refractivity contribution in [1.82, 2.24) is 14.9 Å². The summed E-state index contributed by atoms with van der Waals surface area (Å²) in [6.45, 7) is 5.70. The summed E-state index contributed by atoms with van der Waals surface area (Å²) >= 11 is 0. The number of nitrogens with one attached hydrogen (secondary N) is 1. The van der Waals surface area contributed by atoms with E-state index in [1.165, 1.54) is 17.1 Å². The van der Waals surface area contributed by atoms with E-state index in [1.807, 2.05) is 4.90 Å². The maximum Gasteiger partial charge on any atom is 0.416 e. The van der Waals surface area contributed by atoms with Gasteiger partial charge in [0.1, 0.15) is 17.3 Å². The molecule has 0 radical (unpaired) electrons. The summed E-state index contributed by atoms with van der Waals surface area (Å²) in [4.78, 5) is 35.5. The number of hydrazine groups is 1. The number of anilines is 4. The number of pyridine rings is 2. The molecule has 2 fully saturated rings. The largest absolute Gasteiger partial charge is 0.416 e. The predicted molar refractivity (Wildman–Crippen MR) is 154 cm³/mol. The van der Waals surface area contributed by atoms with Crippen LogP contribution in [0.4, 0.5) is 36.2 Å². The lowest BCUT2D eigenvalue weighted by atomic mass is 9.82. The van der Waals surface area contributed by atoms with Crippen molar-refractivity contribution in [3.63, 3.8) is 0 Å². The number of hydrogen-bond donors (Lipinski definition) is 3. The fourth-order valence-corrected chi connectivity index (χ4v) is 5.34. The summed E-state index contributed by atoms with van der Waals surface area (Å²) in [6, 6.07) is 9.55. The van der Waals surface area contributed by atoms with Crippen molar-refractivity contribution < 1.29 is 22.8 Å². The topological polar surface area (TPSA) is 130 Å². The van der Waals surface area contributed by atoms with Gasteiger partial charge in [0.15, 0.2) is 0 Å². The number of aromatic nitrogens is 2. The summed E-state index contributed by atoms with van der Waals surface area (Å²) in [5.74, 6) is 6.25. The van der Waals surface area contributed by atoms with Crippen molar-refractivity contribution in [3.05, 3.63) is 78.1 Å². The van der Waals surface area contributed by atoms with Gasteiger partial charge in [-0.2, -0.15) is 13.2 Å². The molecule has 3 aromatic rings. The van der Waals surface area contributed by atoms with E-state index in [0.29, 0.717) is 23.5 Å². The Morgan fingerprint density at radius 1 is 1.00 bits per heavy atom. The smallest absolute Gasteiger partial charge is 0.382 e. The van der Waals surface area contributed by atoms with Crippen molar-refractivity contribution in [1.29, 1.82) is 0 Å². The Hall–Kier alpha value is -4.45. The number of halogens is 3. The molecule has 1 atom stereocenters. The zero-order valence-corrected chi connectivity index (χ0v) is 22.9. The zero-order chi connectivity index (χ0) is 30.0. The molecular weight excluding hydrogens is 547 g/mol. The van der Waals surface area contributed by atoms with Crippen LogP contribution in [0.25, 0.3) is 5.57 Å². The van der Waals surface area contributed by atoms with Gasteiger partial charge in [-0.05, 0) is 73.7 Å². The second-order valence-electron chi connectivity index (χ2n) is 10.7. The van der Waals surface area contributed by atoms with Crippen LogP contribution in [-0.4, -0.2) is 39.8 Å². The SMILES string of the molecule is C=C(c1ccnc(N)c1N(N)c1ccc(C(=O)Nc2cc(C(F)(F)F)ccn2)cc1)[C@@H]1CCCN(C(=O)C2CCC2)C1. The molecule has 1 aliphatic carbocycles. The first-order valence-electron chi connectivity index (χ1n) is 13.7. The van der Waals surface area contributed by atoms with Gasteiger partial charge in [-0.25, -0.2) is 15.8 Å². The average Bonchev–Trinajstić information content (AvgIpc) is 2.95. The number of nitrogens with two attached hydrogens (primary N) is 2. The second-order valence-corrected chi connectivity index (χ2v) is 10.7. The number of hydrogen-bond acceptors (Lipinski definition) is 7. The highest BCUT2D eigenvalue weighted by Gasteiger charge is 2.34. The monoisotopic (exact) mass is 579 g/mol. The van der Waals surface area contributed by atoms with E-state index in [4.69, 9.17) is 11.6 Å². The summed E-state index contributed by atoms with van der Waals surface area (Å²) in [5.41, 5.74) is 8.01. The van der Waals surface area contributed by atoms with Gasteiger partial charge < -0.3 is 16.0 Å². The third kappa shape index (κ3) is 6.08. The normalized spacial score (nSPS) is 17.3. The lowest BCUT2D eigenvalue weighted by molar-refractivity contribution is -0.139. The lowest BCUT2D eigenvalue weighted by Gasteiger charge is -2.38. The van der Waals surface area contributed by atoms with E-state index in [9.17, 15) is 22.8 Å². The van der Waals surface area contributed by atoms with Crippen LogP contribution in [0.2, 0.25) is 0 Å². The van der Waals surface area contributed by atoms with Crippen molar-refractivity contribution in [2.45, 2.75) is 38.3 Å². The van der Waals surface area contributed by atoms with Crippen LogP contribution in [0.5, 0.6) is 0 Å². The molecule has 0 spiro atoms. The highest BCUT2D eigenvalue weighted by atomic mass is 19.4. The fourth-order valence-electron chi connectivity index (χ4n) is 5.34. The Balaban J connectivity index is 1.31. The van der Waals surface area contributed by atoms with Crippen LogP contribution in [-0.2, 0) is 11.0 Å². The van der Waals surface area contributed by atoms with Crippen LogP contribution in [0, 0.1) is 11.8 Å². The van der Waals surface area contributed by atoms with Gasteiger partial charge in [0, 0.05) is 48.4 Å². The molecule has 0 unspecified atom stereocenters. The number of benzene rings is 1. The molecule has 5 N–H and O–H groups in total. The zero-order valence-electron chi connectivity index (χ0n) is 22.9. The molecule has 42 heavy (non-hydrogen) atoms. The minimum atomic E-state index is -4.56. The number of piperidine rings is 1. The van der Waals surface area contributed by atoms with E-state index in [0.717, 1.165) is 62.6 Å². The molecular formula is C30H32F3N7O2. The van der Waals surface area contributed by atoms with Gasteiger partial charge in [0.05, 0.1) is 11.3 Å². The van der Waals surface area contributed by atoms with Gasteiger partial charge in [0.25, 0.3) is 5.91 Å². The minimum absolute atomic E-state index is 0.0345. The summed E-state index contributed by atoms with van der Waals surface area (Å²) in [7, 11) is 0. The molecule has 5 rings (SSSR count). The van der Waals surface area contributed by atoms with Gasteiger partial charge in [-0.15, -0.1) is 0 Å². The minimum Gasteiger partial charge on any atom is -0.382 e.